The summed E-state index contributed by atoms with van der Waals surface area (Å²) in [6.45, 7) is 0.463. The molecule has 0 spiro atoms. The van der Waals surface area contributed by atoms with E-state index in [1.807, 2.05) is 59.2 Å². The molecule has 2 aromatic heterocycles. The second-order valence-electron chi connectivity index (χ2n) is 8.73. The molecule has 0 aliphatic carbocycles. The molecule has 3 aromatic carbocycles. The molecule has 0 saturated carbocycles. The Bertz CT molecular complexity index is 1350. The van der Waals surface area contributed by atoms with Crippen molar-refractivity contribution in [2.24, 2.45) is 0 Å². The van der Waals surface area contributed by atoms with Gasteiger partial charge < -0.3 is 14.4 Å². The van der Waals surface area contributed by atoms with Crippen LogP contribution < -0.4 is 5.48 Å². The molecule has 0 saturated heterocycles. The van der Waals surface area contributed by atoms with Crippen LogP contribution in [0, 0.1) is 0 Å². The maximum absolute atomic E-state index is 10.5. The van der Waals surface area contributed by atoms with Gasteiger partial charge >= 0.3 is 0 Å². The van der Waals surface area contributed by atoms with Crippen molar-refractivity contribution in [1.82, 2.24) is 19.5 Å². The molecule has 8 heteroatoms. The zero-order chi connectivity index (χ0) is 25.7. The second kappa shape index (κ2) is 10.9. The van der Waals surface area contributed by atoms with Crippen LogP contribution in [0.3, 0.4) is 0 Å². The molecule has 0 aliphatic heterocycles. The zero-order valence-corrected chi connectivity index (χ0v) is 20.8. The third-order valence-electron chi connectivity index (χ3n) is 6.38. The molecule has 37 heavy (non-hydrogen) atoms. The number of aliphatic hydroxyl groups is 1. The quantitative estimate of drug-likeness (QED) is 0.222. The average molecular weight is 496 g/mol. The average Bonchev–Trinajstić information content (AvgIpc) is 3.34. The van der Waals surface area contributed by atoms with E-state index < -0.39 is 11.5 Å². The monoisotopic (exact) mass is 495 g/mol. The maximum atomic E-state index is 10.5. The zero-order valence-electron chi connectivity index (χ0n) is 20.8. The first-order valence-electron chi connectivity index (χ1n) is 12.0. The third-order valence-corrected chi connectivity index (χ3v) is 6.38. The molecule has 5 rings (SSSR count). The molecule has 188 valence electrons. The predicted octanol–water partition coefficient (Wildman–Crippen LogP) is 4.19. The lowest BCUT2D eigenvalue weighted by molar-refractivity contribution is 0.0542. The first-order valence-corrected chi connectivity index (χ1v) is 12.0. The summed E-state index contributed by atoms with van der Waals surface area (Å²) in [5.74, 6) is 0.987. The lowest BCUT2D eigenvalue weighted by Gasteiger charge is -2.34. The molecule has 0 amide bonds. The minimum absolute atomic E-state index is 0.197. The van der Waals surface area contributed by atoms with Gasteiger partial charge in [-0.2, -0.15) is 0 Å². The van der Waals surface area contributed by atoms with Gasteiger partial charge in [0.2, 0.25) is 0 Å². The van der Waals surface area contributed by atoms with Crippen molar-refractivity contribution in [3.63, 3.8) is 0 Å². The minimum Gasteiger partial charge on any atom is -0.389 e. The summed E-state index contributed by atoms with van der Waals surface area (Å²) in [6.07, 6.45) is 0.930. The molecular weight excluding hydrogens is 466 g/mol. The minimum atomic E-state index is -0.845. The SMILES string of the molecule is COCC(O)Cn1cnc2c(NOC)nc(C(c3ccccc3)(c3ccccc3)c3ccccc3)nc21. The number of hydrogen-bond donors (Lipinski definition) is 2. The molecule has 0 aliphatic rings. The number of hydrogen-bond acceptors (Lipinski definition) is 7. The van der Waals surface area contributed by atoms with E-state index >= 15 is 0 Å². The Morgan fingerprint density at radius 3 is 1.86 bits per heavy atom. The Morgan fingerprint density at radius 1 is 0.838 bits per heavy atom. The van der Waals surface area contributed by atoms with Crippen molar-refractivity contribution in [3.8, 4) is 0 Å². The van der Waals surface area contributed by atoms with Gasteiger partial charge in [-0.1, -0.05) is 91.0 Å². The molecule has 0 radical (unpaired) electrons. The molecule has 5 aromatic rings. The molecule has 0 bridgehead atoms. The van der Waals surface area contributed by atoms with Gasteiger partial charge in [0.15, 0.2) is 22.8 Å². The third kappa shape index (κ3) is 4.58. The fraction of sp³-hybridized carbons (Fsp3) is 0.207. The first kappa shape index (κ1) is 24.6. The summed E-state index contributed by atoms with van der Waals surface area (Å²) < 4.78 is 6.95. The van der Waals surface area contributed by atoms with Crippen LogP contribution in [0.15, 0.2) is 97.3 Å². The van der Waals surface area contributed by atoms with E-state index in [-0.39, 0.29) is 13.2 Å². The summed E-state index contributed by atoms with van der Waals surface area (Å²) in [6, 6.07) is 30.7. The van der Waals surface area contributed by atoms with Crippen LogP contribution in [0.2, 0.25) is 0 Å². The van der Waals surface area contributed by atoms with Crippen LogP contribution in [0.4, 0.5) is 5.82 Å². The van der Waals surface area contributed by atoms with Crippen molar-refractivity contribution in [1.29, 1.82) is 0 Å². The maximum Gasteiger partial charge on any atom is 0.181 e. The number of ether oxygens (including phenoxy) is 1. The Kier molecular flexibility index (Phi) is 7.23. The van der Waals surface area contributed by atoms with E-state index in [2.05, 4.69) is 46.9 Å². The van der Waals surface area contributed by atoms with Gasteiger partial charge in [0.25, 0.3) is 0 Å². The van der Waals surface area contributed by atoms with Gasteiger partial charge in [0.1, 0.15) is 5.41 Å². The molecular formula is C29H29N5O3. The molecule has 1 atom stereocenters. The van der Waals surface area contributed by atoms with E-state index in [0.29, 0.717) is 22.8 Å². The van der Waals surface area contributed by atoms with Crippen molar-refractivity contribution in [2.75, 3.05) is 26.3 Å². The van der Waals surface area contributed by atoms with E-state index in [4.69, 9.17) is 19.5 Å². The van der Waals surface area contributed by atoms with Gasteiger partial charge in [-0.15, -0.1) is 0 Å². The second-order valence-corrected chi connectivity index (χ2v) is 8.73. The molecule has 2 N–H and O–H groups in total. The summed E-state index contributed by atoms with van der Waals surface area (Å²) in [4.78, 5) is 20.0. The number of aromatic nitrogens is 4. The lowest BCUT2D eigenvalue weighted by atomic mass is 9.68. The summed E-state index contributed by atoms with van der Waals surface area (Å²) in [5, 5.41) is 10.5. The number of rotatable bonds is 10. The van der Waals surface area contributed by atoms with E-state index in [0.717, 1.165) is 16.7 Å². The number of nitrogens with one attached hydrogen (secondary N) is 1. The van der Waals surface area contributed by atoms with Gasteiger partial charge in [0, 0.05) is 7.11 Å². The smallest absolute Gasteiger partial charge is 0.181 e. The standard InChI is InChI=1S/C29H29N5O3/c1-36-19-24(35)18-34-20-30-25-26(33-37-2)31-28(32-27(25)34)29(21-12-6-3-7-13-21,22-14-8-4-9-15-22)23-16-10-5-11-17-23/h3-17,20,24,35H,18-19H2,1-2H3,(H,31,32,33). The van der Waals surface area contributed by atoms with Crippen molar-refractivity contribution in [2.45, 2.75) is 18.1 Å². The lowest BCUT2D eigenvalue weighted by Crippen LogP contribution is -2.33. The van der Waals surface area contributed by atoms with Gasteiger partial charge in [-0.05, 0) is 16.7 Å². The largest absolute Gasteiger partial charge is 0.389 e. The van der Waals surface area contributed by atoms with Crippen LogP contribution in [-0.4, -0.2) is 51.6 Å². The van der Waals surface area contributed by atoms with Crippen LogP contribution in [0.5, 0.6) is 0 Å². The van der Waals surface area contributed by atoms with Crippen LogP contribution >= 0.6 is 0 Å². The Labute approximate surface area is 215 Å². The Balaban J connectivity index is 1.86. The number of imidazole rings is 1. The summed E-state index contributed by atoms with van der Waals surface area (Å²) in [5.41, 5.74) is 6.21. The van der Waals surface area contributed by atoms with Crippen molar-refractivity contribution < 1.29 is 14.7 Å². The van der Waals surface area contributed by atoms with E-state index in [9.17, 15) is 5.11 Å². The highest BCUT2D eigenvalue weighted by Gasteiger charge is 2.42. The number of aliphatic hydroxyl groups excluding tert-OH is 1. The highest BCUT2D eigenvalue weighted by atomic mass is 16.6. The summed E-state index contributed by atoms with van der Waals surface area (Å²) in [7, 11) is 3.09. The fourth-order valence-electron chi connectivity index (χ4n) is 4.84. The molecule has 2 heterocycles. The van der Waals surface area contributed by atoms with Crippen molar-refractivity contribution in [3.05, 3.63) is 120 Å². The molecule has 1 unspecified atom stereocenters. The number of benzene rings is 3. The summed E-state index contributed by atoms with van der Waals surface area (Å²) >= 11 is 0. The number of fused-ring (bicyclic) bond motifs is 1. The molecule has 0 fully saturated rings. The van der Waals surface area contributed by atoms with E-state index in [1.165, 1.54) is 7.11 Å². The Hall–Kier alpha value is -4.11. The van der Waals surface area contributed by atoms with Crippen LogP contribution in [0.25, 0.3) is 11.2 Å². The van der Waals surface area contributed by atoms with Crippen LogP contribution in [0.1, 0.15) is 22.5 Å². The van der Waals surface area contributed by atoms with E-state index in [1.54, 1.807) is 13.4 Å². The Morgan fingerprint density at radius 2 is 1.38 bits per heavy atom. The molecule has 8 nitrogen and oxygen atoms in total. The number of anilines is 1. The van der Waals surface area contributed by atoms with Gasteiger partial charge in [-0.3, -0.25) is 4.84 Å². The highest BCUT2D eigenvalue weighted by molar-refractivity contribution is 5.83. The van der Waals surface area contributed by atoms with Crippen molar-refractivity contribution >= 4 is 17.0 Å². The van der Waals surface area contributed by atoms with Crippen LogP contribution in [-0.2, 0) is 21.5 Å². The topological polar surface area (TPSA) is 94.3 Å². The number of methoxy groups -OCH3 is 1. The normalized spacial score (nSPS) is 12.5. The fourth-order valence-corrected chi connectivity index (χ4v) is 4.84. The predicted molar refractivity (Wildman–Crippen MR) is 142 cm³/mol. The van der Waals surface area contributed by atoms with Gasteiger partial charge in [-0.25, -0.2) is 20.4 Å². The highest BCUT2D eigenvalue weighted by Crippen LogP contribution is 2.44. The first-order chi connectivity index (χ1) is 18.2. The van der Waals surface area contributed by atoms with Gasteiger partial charge in [0.05, 0.1) is 32.7 Å². The number of nitrogens with zero attached hydrogens (tertiary/aromatic N) is 4.